The Balaban J connectivity index is 0.960. The average Bonchev–Trinajstić information content (AvgIpc) is 3.49. The van der Waals surface area contributed by atoms with Crippen molar-refractivity contribution in [1.82, 2.24) is 34.9 Å². The minimum Gasteiger partial charge on any atom is -0.478 e. The van der Waals surface area contributed by atoms with Crippen LogP contribution in [0.3, 0.4) is 0 Å². The zero-order valence-electron chi connectivity index (χ0n) is 29.7. The van der Waals surface area contributed by atoms with Crippen LogP contribution >= 0.6 is 11.6 Å². The van der Waals surface area contributed by atoms with E-state index in [0.29, 0.717) is 59.0 Å². The van der Waals surface area contributed by atoms with Crippen LogP contribution in [0.1, 0.15) is 50.1 Å². The summed E-state index contributed by atoms with van der Waals surface area (Å²) in [4.78, 5) is 57.8. The fraction of sp³-hybridized carbons (Fsp3) is 0.378. The molecule has 5 aromatic rings. The van der Waals surface area contributed by atoms with Crippen LogP contribution in [0.25, 0.3) is 21.8 Å². The van der Waals surface area contributed by atoms with E-state index < -0.39 is 5.92 Å². The molecule has 2 aliphatic rings. The molecule has 3 amide bonds. The molecule has 2 fully saturated rings. The van der Waals surface area contributed by atoms with Crippen molar-refractivity contribution in [3.8, 4) is 5.75 Å². The van der Waals surface area contributed by atoms with Gasteiger partial charge in [0.05, 0.1) is 34.5 Å². The first-order valence-electron chi connectivity index (χ1n) is 17.6. The van der Waals surface area contributed by atoms with Crippen LogP contribution in [-0.2, 0) is 28.5 Å². The molecule has 0 radical (unpaired) electrons. The number of rotatable bonds is 11. The van der Waals surface area contributed by atoms with Gasteiger partial charge in [-0.15, -0.1) is 0 Å². The van der Waals surface area contributed by atoms with Crippen LogP contribution < -0.4 is 36.9 Å². The zero-order valence-corrected chi connectivity index (χ0v) is 30.4. The van der Waals surface area contributed by atoms with E-state index >= 15 is 0 Å². The molecule has 1 saturated carbocycles. The van der Waals surface area contributed by atoms with Gasteiger partial charge in [0.2, 0.25) is 17.8 Å². The summed E-state index contributed by atoms with van der Waals surface area (Å²) in [6.45, 7) is 0.447. The maximum Gasteiger partial charge on any atom is 0.293 e. The number of pyridine rings is 1. The average molecular weight is 741 g/mol. The molecule has 1 aliphatic heterocycles. The Morgan fingerprint density at radius 1 is 1.06 bits per heavy atom. The van der Waals surface area contributed by atoms with Crippen LogP contribution in [0.5, 0.6) is 5.75 Å². The number of carbonyl (C=O) groups excluding carboxylic acids is 3. The van der Waals surface area contributed by atoms with Gasteiger partial charge in [0.15, 0.2) is 18.2 Å². The first-order chi connectivity index (χ1) is 25.6. The second kappa shape index (κ2) is 15.1. The number of benzene rings is 2. The molecule has 1 unspecified atom stereocenters. The maximum atomic E-state index is 12.7. The fourth-order valence-electron chi connectivity index (χ4n) is 7.19. The largest absolute Gasteiger partial charge is 0.478 e. The minimum atomic E-state index is -0.445. The van der Waals surface area contributed by atoms with Crippen LogP contribution in [0, 0.1) is 5.92 Å². The van der Waals surface area contributed by atoms with E-state index in [0.717, 1.165) is 47.7 Å². The van der Waals surface area contributed by atoms with Crippen LogP contribution in [0.2, 0.25) is 5.02 Å². The van der Waals surface area contributed by atoms with Crippen molar-refractivity contribution in [3.05, 3.63) is 69.7 Å². The number of hydrogen-bond acceptors (Lipinski definition) is 11. The third-order valence-corrected chi connectivity index (χ3v) is 10.3. The summed E-state index contributed by atoms with van der Waals surface area (Å²) < 4.78 is 8.79. The molecule has 276 valence electrons. The van der Waals surface area contributed by atoms with Crippen molar-refractivity contribution in [1.29, 1.82) is 0 Å². The molecule has 5 N–H and O–H groups in total. The highest BCUT2D eigenvalue weighted by atomic mass is 35.5. The standard InChI is InChI=1S/C37H41ClN10O5/c1-39-31(50)19-53-29-16-21-15-23(11-13-28(21)47(2)36(29)52)43-34-26(38)18-41-37(45-34)40-17-20-7-9-22(10-8-20)42-27-6-4-5-24-32(46-48(3)33(24)27)25-12-14-30(49)44-35(25)51/h4-6,11,13,15-16,18,20,22,25,42H,7-10,12,14,17,19H2,1-3H3,(H,39,50)(H,44,49,51)(H2,40,41,43,45)/t20-,22-,25?. The summed E-state index contributed by atoms with van der Waals surface area (Å²) in [5.41, 5.74) is 3.69. The van der Waals surface area contributed by atoms with Crippen molar-refractivity contribution in [3.63, 3.8) is 0 Å². The number of piperidine rings is 1. The van der Waals surface area contributed by atoms with Gasteiger partial charge in [-0.25, -0.2) is 4.98 Å². The van der Waals surface area contributed by atoms with E-state index in [-0.39, 0.29) is 41.7 Å². The van der Waals surface area contributed by atoms with Gasteiger partial charge in [-0.1, -0.05) is 23.7 Å². The Bertz CT molecular complexity index is 2280. The predicted octanol–water partition coefficient (Wildman–Crippen LogP) is 4.34. The summed E-state index contributed by atoms with van der Waals surface area (Å²) in [6, 6.07) is 13.4. The molecule has 4 heterocycles. The topological polar surface area (TPSA) is 186 Å². The lowest BCUT2D eigenvalue weighted by Gasteiger charge is -2.30. The summed E-state index contributed by atoms with van der Waals surface area (Å²) in [5.74, 6) is 0.0894. The van der Waals surface area contributed by atoms with E-state index in [1.54, 1.807) is 19.3 Å². The number of amides is 3. The highest BCUT2D eigenvalue weighted by Crippen LogP contribution is 2.35. The molecule has 53 heavy (non-hydrogen) atoms. The van der Waals surface area contributed by atoms with Crippen molar-refractivity contribution in [2.24, 2.45) is 20.0 Å². The van der Waals surface area contributed by atoms with E-state index in [1.807, 2.05) is 42.1 Å². The highest BCUT2D eigenvalue weighted by molar-refractivity contribution is 6.33. The molecule has 3 aromatic heterocycles. The lowest BCUT2D eigenvalue weighted by molar-refractivity contribution is -0.134. The van der Waals surface area contributed by atoms with Gasteiger partial charge < -0.3 is 30.6 Å². The number of carbonyl (C=O) groups is 3. The second-order valence-electron chi connectivity index (χ2n) is 13.6. The molecular formula is C37H41ClN10O5. The molecule has 0 bridgehead atoms. The summed E-state index contributed by atoms with van der Waals surface area (Å²) in [5, 5.41) is 22.0. The number of aryl methyl sites for hydroxylation is 2. The SMILES string of the molecule is CNC(=O)COc1cc2cc(Nc3nc(NC[C@H]4CC[C@H](Nc5cccc6c(C7CCC(=O)NC7=O)nn(C)c56)CC4)ncc3Cl)ccc2n(C)c1=O. The molecule has 1 atom stereocenters. The Hall–Kier alpha value is -5.70. The number of anilines is 4. The molecule has 7 rings (SSSR count). The van der Waals surface area contributed by atoms with E-state index in [4.69, 9.17) is 21.4 Å². The van der Waals surface area contributed by atoms with Gasteiger partial charge in [-0.3, -0.25) is 29.2 Å². The number of nitrogens with one attached hydrogen (secondary N) is 5. The summed E-state index contributed by atoms with van der Waals surface area (Å²) in [7, 11) is 5.04. The maximum absolute atomic E-state index is 12.7. The number of halogens is 1. The molecular weight excluding hydrogens is 700 g/mol. The first-order valence-corrected chi connectivity index (χ1v) is 18.0. The van der Waals surface area contributed by atoms with Gasteiger partial charge in [-0.2, -0.15) is 10.1 Å². The van der Waals surface area contributed by atoms with E-state index in [2.05, 4.69) is 42.6 Å². The van der Waals surface area contributed by atoms with Gasteiger partial charge in [0, 0.05) is 56.6 Å². The lowest BCUT2D eigenvalue weighted by Crippen LogP contribution is -2.39. The number of likely N-dealkylation sites (N-methyl/N-ethyl adjacent to an activating group) is 1. The Kier molecular flexibility index (Phi) is 10.2. The quantitative estimate of drug-likeness (QED) is 0.121. The number of aromatic nitrogens is 5. The number of ether oxygens (including phenoxy) is 1. The van der Waals surface area contributed by atoms with Crippen molar-refractivity contribution < 1.29 is 19.1 Å². The predicted molar refractivity (Wildman–Crippen MR) is 203 cm³/mol. The molecule has 16 heteroatoms. The monoisotopic (exact) mass is 740 g/mol. The third-order valence-electron chi connectivity index (χ3n) is 10.1. The van der Waals surface area contributed by atoms with Crippen molar-refractivity contribution in [2.75, 3.05) is 36.1 Å². The summed E-state index contributed by atoms with van der Waals surface area (Å²) >= 11 is 6.49. The number of para-hydroxylation sites is 1. The second-order valence-corrected chi connectivity index (χ2v) is 14.0. The fourth-order valence-corrected chi connectivity index (χ4v) is 7.32. The first kappa shape index (κ1) is 35.7. The van der Waals surface area contributed by atoms with Gasteiger partial charge in [-0.05, 0) is 68.4 Å². The number of hydrogen-bond donors (Lipinski definition) is 5. The molecule has 15 nitrogen and oxygen atoms in total. The molecule has 1 saturated heterocycles. The van der Waals surface area contributed by atoms with Gasteiger partial charge in [0.25, 0.3) is 11.5 Å². The van der Waals surface area contributed by atoms with Gasteiger partial charge in [0.1, 0.15) is 5.02 Å². The summed E-state index contributed by atoms with van der Waals surface area (Å²) in [6.07, 6.45) is 6.33. The molecule has 1 aliphatic carbocycles. The van der Waals surface area contributed by atoms with E-state index in [9.17, 15) is 19.2 Å². The zero-order chi connectivity index (χ0) is 37.2. The normalized spacial score (nSPS) is 18.8. The van der Waals surface area contributed by atoms with Crippen LogP contribution in [0.4, 0.5) is 23.1 Å². The van der Waals surface area contributed by atoms with Gasteiger partial charge >= 0.3 is 0 Å². The van der Waals surface area contributed by atoms with Crippen molar-refractivity contribution >= 4 is 74.3 Å². The number of imide groups is 1. The Morgan fingerprint density at radius 2 is 1.87 bits per heavy atom. The highest BCUT2D eigenvalue weighted by Gasteiger charge is 2.32. The third kappa shape index (κ3) is 7.61. The van der Waals surface area contributed by atoms with E-state index in [1.165, 1.54) is 11.6 Å². The number of nitrogens with zero attached hydrogens (tertiary/aromatic N) is 5. The lowest BCUT2D eigenvalue weighted by atomic mass is 9.86. The minimum absolute atomic E-state index is 0.0727. The Morgan fingerprint density at radius 3 is 2.64 bits per heavy atom. The molecule has 0 spiro atoms. The Labute approximate surface area is 309 Å². The smallest absolute Gasteiger partial charge is 0.293 e. The number of fused-ring (bicyclic) bond motifs is 2. The van der Waals surface area contributed by atoms with Crippen LogP contribution in [0.15, 0.2) is 53.5 Å². The van der Waals surface area contributed by atoms with Crippen molar-refractivity contribution in [2.45, 2.75) is 50.5 Å². The van der Waals surface area contributed by atoms with Crippen LogP contribution in [-0.4, -0.2) is 68.3 Å². The molecule has 2 aromatic carbocycles.